The quantitative estimate of drug-likeness (QED) is 0.679. The van der Waals surface area contributed by atoms with Crippen LogP contribution in [0.2, 0.25) is 0 Å². The lowest BCUT2D eigenvalue weighted by Gasteiger charge is -2.47. The number of esters is 1. The third kappa shape index (κ3) is 4.75. The number of hydrogen-bond acceptors (Lipinski definition) is 6. The Bertz CT molecular complexity index is 895. The zero-order chi connectivity index (χ0) is 24.7. The van der Waals surface area contributed by atoms with E-state index in [9.17, 15) is 6.17 Å². The summed E-state index contributed by atoms with van der Waals surface area (Å²) in [7, 11) is 2.94. The fourth-order valence-electron chi connectivity index (χ4n) is 4.44. The van der Waals surface area contributed by atoms with E-state index in [2.05, 4.69) is 18.7 Å². The third-order valence-electron chi connectivity index (χ3n) is 6.16. The van der Waals surface area contributed by atoms with Crippen LogP contribution in [0.1, 0.15) is 61.8 Å². The van der Waals surface area contributed by atoms with Gasteiger partial charge in [-0.3, -0.25) is 9.69 Å². The van der Waals surface area contributed by atoms with E-state index in [1.807, 2.05) is 13.8 Å². The van der Waals surface area contributed by atoms with Crippen molar-refractivity contribution >= 4 is 5.97 Å². The predicted molar refractivity (Wildman–Crippen MR) is 118 cm³/mol. The standard InChI is InChI=1S/C24H38N2O4/c1-14(2)9-17-13-26-8-7-16-10-21(28-5)22(29-6)11-18(16)19(26)12-20(17)30-24(27)23(25)15(3)4/h10-11,14-15,17,19-20,23H,7-9,12-13,25H2,1-6H3/t17?,19?,20?,23-/m0/s1/i10D,11D,20D. The minimum absolute atomic E-state index is 0.0948. The number of carbonyl (C=O) groups is 1. The number of fused-ring (bicyclic) bond motifs is 3. The molecule has 0 aliphatic carbocycles. The van der Waals surface area contributed by atoms with Crippen molar-refractivity contribution in [3.63, 3.8) is 0 Å². The van der Waals surface area contributed by atoms with Crippen LogP contribution in [0.15, 0.2) is 12.1 Å². The SMILES string of the molecule is [2H]c1c2c(c([2H])c(OC)c1OC)C1CC([2H])(OC(=O)[C@@H](N)C(C)C)C(CC(C)C)CN1CC2. The average Bonchev–Trinajstić information content (AvgIpc) is 2.74. The summed E-state index contributed by atoms with van der Waals surface area (Å²) in [5.74, 6) is -0.0120. The molecule has 6 nitrogen and oxygen atoms in total. The molecule has 1 aromatic carbocycles. The van der Waals surface area contributed by atoms with Crippen LogP contribution in [0.25, 0.3) is 0 Å². The molecule has 30 heavy (non-hydrogen) atoms. The number of methoxy groups -OCH3 is 2. The fourth-order valence-corrected chi connectivity index (χ4v) is 4.44. The van der Waals surface area contributed by atoms with Crippen LogP contribution in [0.4, 0.5) is 0 Å². The van der Waals surface area contributed by atoms with Crippen molar-refractivity contribution in [2.45, 2.75) is 65.1 Å². The zero-order valence-electron chi connectivity index (χ0n) is 22.1. The van der Waals surface area contributed by atoms with Crippen molar-refractivity contribution in [2.24, 2.45) is 23.5 Å². The summed E-state index contributed by atoms with van der Waals surface area (Å²) in [6.45, 7) is 9.21. The fraction of sp³-hybridized carbons (Fsp3) is 0.708. The second kappa shape index (κ2) is 9.56. The van der Waals surface area contributed by atoms with Crippen LogP contribution in [0, 0.1) is 17.8 Å². The molecule has 0 saturated carbocycles. The van der Waals surface area contributed by atoms with E-state index in [1.165, 1.54) is 14.2 Å². The third-order valence-corrected chi connectivity index (χ3v) is 6.16. The summed E-state index contributed by atoms with van der Waals surface area (Å²) >= 11 is 0. The number of nitrogens with two attached hydrogens (primary N) is 1. The Balaban J connectivity index is 2.06. The summed E-state index contributed by atoms with van der Waals surface area (Å²) in [5, 5.41) is 0. The lowest BCUT2D eigenvalue weighted by Crippen LogP contribution is -2.51. The number of hydrogen-bond donors (Lipinski definition) is 1. The van der Waals surface area contributed by atoms with Gasteiger partial charge >= 0.3 is 5.97 Å². The van der Waals surface area contributed by atoms with Gasteiger partial charge in [0.2, 0.25) is 0 Å². The molecule has 2 heterocycles. The van der Waals surface area contributed by atoms with E-state index in [1.54, 1.807) is 0 Å². The second-order valence-corrected chi connectivity index (χ2v) is 9.16. The van der Waals surface area contributed by atoms with Crippen LogP contribution >= 0.6 is 0 Å². The second-order valence-electron chi connectivity index (χ2n) is 9.16. The first kappa shape index (κ1) is 18.9. The molecule has 3 rings (SSSR count). The van der Waals surface area contributed by atoms with E-state index >= 15 is 0 Å². The number of ether oxygens (including phenoxy) is 3. The van der Waals surface area contributed by atoms with Crippen LogP contribution in [0.3, 0.4) is 0 Å². The summed E-state index contributed by atoms with van der Waals surface area (Å²) in [6, 6.07) is -0.725. The first-order valence-electron chi connectivity index (χ1n) is 12.4. The maximum Gasteiger partial charge on any atom is 0.323 e. The molecule has 1 fully saturated rings. The van der Waals surface area contributed by atoms with E-state index in [-0.39, 0.29) is 47.9 Å². The van der Waals surface area contributed by atoms with Crippen molar-refractivity contribution in [1.29, 1.82) is 0 Å². The van der Waals surface area contributed by atoms with Crippen molar-refractivity contribution in [3.05, 3.63) is 23.2 Å². The molecule has 0 amide bonds. The van der Waals surface area contributed by atoms with Gasteiger partial charge in [-0.05, 0) is 47.9 Å². The normalized spacial score (nSPS) is 28.8. The Morgan fingerprint density at radius 3 is 2.53 bits per heavy atom. The van der Waals surface area contributed by atoms with Gasteiger partial charge in [-0.1, -0.05) is 27.7 Å². The van der Waals surface area contributed by atoms with Gasteiger partial charge in [0.1, 0.15) is 12.1 Å². The monoisotopic (exact) mass is 421 g/mol. The molecule has 0 bridgehead atoms. The zero-order valence-corrected chi connectivity index (χ0v) is 19.1. The van der Waals surface area contributed by atoms with Gasteiger partial charge in [-0.2, -0.15) is 0 Å². The average molecular weight is 422 g/mol. The highest BCUT2D eigenvalue weighted by Crippen LogP contribution is 2.44. The molecular weight excluding hydrogens is 380 g/mol. The van der Waals surface area contributed by atoms with Crippen LogP contribution in [-0.2, 0) is 16.0 Å². The maximum absolute atomic E-state index is 12.8. The Morgan fingerprint density at radius 1 is 1.27 bits per heavy atom. The number of benzene rings is 1. The first-order valence-corrected chi connectivity index (χ1v) is 10.9. The predicted octanol–water partition coefficient (Wildman–Crippen LogP) is 3.56. The lowest BCUT2D eigenvalue weighted by molar-refractivity contribution is -0.160. The number of carbonyl (C=O) groups excluding carboxylic acids is 1. The van der Waals surface area contributed by atoms with Crippen molar-refractivity contribution in [2.75, 3.05) is 27.3 Å². The first-order chi connectivity index (χ1) is 15.4. The summed E-state index contributed by atoms with van der Waals surface area (Å²) in [5.41, 5.74) is 7.47. The summed E-state index contributed by atoms with van der Waals surface area (Å²) < 4.78 is 43.5. The molecule has 6 heteroatoms. The van der Waals surface area contributed by atoms with Gasteiger partial charge in [0.15, 0.2) is 11.5 Å². The van der Waals surface area contributed by atoms with Gasteiger partial charge < -0.3 is 19.9 Å². The van der Waals surface area contributed by atoms with E-state index < -0.39 is 18.1 Å². The van der Waals surface area contributed by atoms with Gasteiger partial charge in [0.05, 0.1) is 18.3 Å². The Hall–Kier alpha value is -1.79. The topological polar surface area (TPSA) is 74.0 Å². The highest BCUT2D eigenvalue weighted by Gasteiger charge is 2.41. The molecule has 2 aliphatic rings. The molecule has 168 valence electrons. The largest absolute Gasteiger partial charge is 0.493 e. The van der Waals surface area contributed by atoms with E-state index in [0.29, 0.717) is 31.0 Å². The van der Waals surface area contributed by atoms with Gasteiger partial charge in [-0.25, -0.2) is 0 Å². The Labute approximate surface area is 185 Å². The lowest BCUT2D eigenvalue weighted by atomic mass is 9.79. The van der Waals surface area contributed by atoms with Crippen LogP contribution < -0.4 is 15.2 Å². The summed E-state index contributed by atoms with van der Waals surface area (Å²) in [6.07, 6.45) is 0.113. The highest BCUT2D eigenvalue weighted by atomic mass is 16.5. The number of nitrogens with zero attached hydrogens (tertiary/aromatic N) is 1. The number of rotatable bonds is 7. The molecule has 2 aliphatic heterocycles. The number of piperidine rings is 1. The summed E-state index contributed by atoms with van der Waals surface area (Å²) in [4.78, 5) is 15.1. The molecule has 0 radical (unpaired) electrons. The van der Waals surface area contributed by atoms with Crippen molar-refractivity contribution < 1.29 is 23.1 Å². The van der Waals surface area contributed by atoms with Gasteiger partial charge in [0, 0.05) is 31.5 Å². The van der Waals surface area contributed by atoms with E-state index in [0.717, 1.165) is 12.0 Å². The molecule has 0 spiro atoms. The molecule has 2 N–H and O–H groups in total. The van der Waals surface area contributed by atoms with Crippen molar-refractivity contribution in [3.8, 4) is 11.5 Å². The minimum Gasteiger partial charge on any atom is -0.493 e. The van der Waals surface area contributed by atoms with Gasteiger partial charge in [0.25, 0.3) is 0 Å². The molecular formula is C24H38N2O4. The minimum atomic E-state index is -1.47. The molecule has 4 atom stereocenters. The van der Waals surface area contributed by atoms with Gasteiger partial charge in [-0.15, -0.1) is 0 Å². The molecule has 1 saturated heterocycles. The maximum atomic E-state index is 12.8. The Kier molecular flexibility index (Phi) is 6.04. The van der Waals surface area contributed by atoms with Crippen molar-refractivity contribution in [1.82, 2.24) is 4.90 Å². The highest BCUT2D eigenvalue weighted by molar-refractivity contribution is 5.76. The van der Waals surface area contributed by atoms with E-state index in [4.69, 9.17) is 22.7 Å². The van der Waals surface area contributed by atoms with Crippen LogP contribution in [-0.4, -0.2) is 50.3 Å². The molecule has 0 aromatic heterocycles. The Morgan fingerprint density at radius 2 is 1.93 bits per heavy atom. The smallest absolute Gasteiger partial charge is 0.323 e. The van der Waals surface area contributed by atoms with Crippen LogP contribution in [0.5, 0.6) is 11.5 Å². The molecule has 1 aromatic rings. The molecule has 3 unspecified atom stereocenters.